The minimum absolute atomic E-state index is 0.0555. The van der Waals surface area contributed by atoms with E-state index >= 15 is 0 Å². The van der Waals surface area contributed by atoms with E-state index in [1.807, 2.05) is 12.1 Å². The number of amides is 2. The number of hydrogen-bond acceptors (Lipinski definition) is 6. The molecule has 4 aromatic rings. The normalized spacial score (nSPS) is 14.0. The number of carboxylic acids is 1. The Kier molecular flexibility index (Phi) is 7.95. The van der Waals surface area contributed by atoms with Gasteiger partial charge in [-0.15, -0.1) is 0 Å². The average Bonchev–Trinajstić information content (AvgIpc) is 3.39. The third kappa shape index (κ3) is 6.02. The van der Waals surface area contributed by atoms with Gasteiger partial charge < -0.3 is 19.7 Å². The van der Waals surface area contributed by atoms with Crippen molar-refractivity contribution in [1.29, 1.82) is 0 Å². The number of carbonyl (C=O) groups is 3. The molecule has 0 spiro atoms. The zero-order valence-corrected chi connectivity index (χ0v) is 24.8. The molecule has 0 aliphatic carbocycles. The Morgan fingerprint density at radius 2 is 1.93 bits per heavy atom. The Morgan fingerprint density at radius 1 is 1.15 bits per heavy atom. The number of rotatable bonds is 7. The molecule has 2 amide bonds. The molecule has 212 valence electrons. The standard InChI is InChI=1S/C29H24BrClN2O7S/c1-41(38,39)20-4-2-3-16(11-20)12-23(29(36)37)32-27(34)25-22(30)13-19-15-33(9-7-21(19)26(25)31)28(35)18-6-5-17-8-10-40-24(17)14-18/h2-6,8,10-11,13-14,23H,7,9,12,15H2,1H3,(H,32,34)(H,36,37)/t23-/m0/s1. The highest BCUT2D eigenvalue weighted by atomic mass is 79.9. The van der Waals surface area contributed by atoms with Crippen LogP contribution in [0.3, 0.4) is 0 Å². The zero-order chi connectivity index (χ0) is 29.5. The van der Waals surface area contributed by atoms with E-state index in [2.05, 4.69) is 21.2 Å². The highest BCUT2D eigenvalue weighted by Gasteiger charge is 2.30. The maximum Gasteiger partial charge on any atom is 0.326 e. The third-order valence-corrected chi connectivity index (χ3v) is 9.14. The third-order valence-electron chi connectivity index (χ3n) is 6.99. The van der Waals surface area contributed by atoms with Crippen molar-refractivity contribution < 1.29 is 32.3 Å². The largest absolute Gasteiger partial charge is 0.480 e. The molecule has 0 saturated heterocycles. The fraction of sp³-hybridized carbons (Fsp3) is 0.207. The van der Waals surface area contributed by atoms with Crippen LogP contribution < -0.4 is 5.32 Å². The molecule has 0 bridgehead atoms. The van der Waals surface area contributed by atoms with Gasteiger partial charge in [-0.2, -0.15) is 0 Å². The van der Waals surface area contributed by atoms with Crippen LogP contribution in [0.1, 0.15) is 37.4 Å². The van der Waals surface area contributed by atoms with Crippen LogP contribution in [0.5, 0.6) is 0 Å². The van der Waals surface area contributed by atoms with Gasteiger partial charge in [0.15, 0.2) is 9.84 Å². The number of halogens is 2. The first kappa shape index (κ1) is 28.8. The molecule has 1 aliphatic heterocycles. The second-order valence-corrected chi connectivity index (χ2v) is 13.1. The lowest BCUT2D eigenvalue weighted by atomic mass is 9.95. The summed E-state index contributed by atoms with van der Waals surface area (Å²) in [6, 6.07) is 13.4. The molecule has 0 unspecified atom stereocenters. The van der Waals surface area contributed by atoms with Crippen molar-refractivity contribution in [3.63, 3.8) is 0 Å². The first-order valence-corrected chi connectivity index (χ1v) is 15.6. The van der Waals surface area contributed by atoms with Gasteiger partial charge in [0.1, 0.15) is 11.6 Å². The van der Waals surface area contributed by atoms with Crippen LogP contribution in [-0.2, 0) is 34.0 Å². The van der Waals surface area contributed by atoms with E-state index in [0.29, 0.717) is 39.7 Å². The first-order chi connectivity index (χ1) is 19.4. The van der Waals surface area contributed by atoms with Crippen LogP contribution in [0.2, 0.25) is 5.02 Å². The van der Waals surface area contributed by atoms with Crippen LogP contribution >= 0.6 is 27.5 Å². The lowest BCUT2D eigenvalue weighted by Gasteiger charge is -2.30. The van der Waals surface area contributed by atoms with Gasteiger partial charge >= 0.3 is 5.97 Å². The number of carboxylic acid groups (broad SMARTS) is 1. The van der Waals surface area contributed by atoms with E-state index in [-0.39, 0.29) is 34.4 Å². The van der Waals surface area contributed by atoms with Crippen molar-refractivity contribution in [2.24, 2.45) is 0 Å². The molecule has 9 nitrogen and oxygen atoms in total. The van der Waals surface area contributed by atoms with Crippen LogP contribution in [0.25, 0.3) is 11.0 Å². The summed E-state index contributed by atoms with van der Waals surface area (Å²) in [5.41, 5.74) is 3.12. The van der Waals surface area contributed by atoms with Gasteiger partial charge in [0.05, 0.1) is 21.7 Å². The van der Waals surface area contributed by atoms with Crippen LogP contribution in [-0.4, -0.2) is 55.1 Å². The average molecular weight is 660 g/mol. The fourth-order valence-corrected chi connectivity index (χ4v) is 6.74. The second kappa shape index (κ2) is 11.3. The lowest BCUT2D eigenvalue weighted by Crippen LogP contribution is -2.43. The molecular weight excluding hydrogens is 636 g/mol. The Labute approximate surface area is 249 Å². The number of fused-ring (bicyclic) bond motifs is 2. The molecule has 3 aromatic carbocycles. The monoisotopic (exact) mass is 658 g/mol. The number of hydrogen-bond donors (Lipinski definition) is 2. The summed E-state index contributed by atoms with van der Waals surface area (Å²) in [7, 11) is -3.49. The van der Waals surface area contributed by atoms with Gasteiger partial charge in [-0.3, -0.25) is 9.59 Å². The van der Waals surface area contributed by atoms with Gasteiger partial charge in [-0.25, -0.2) is 13.2 Å². The van der Waals surface area contributed by atoms with Crippen molar-refractivity contribution in [1.82, 2.24) is 10.2 Å². The zero-order valence-electron chi connectivity index (χ0n) is 21.7. The summed E-state index contributed by atoms with van der Waals surface area (Å²) in [5.74, 6) is -2.14. The number of nitrogens with zero attached hydrogens (tertiary/aromatic N) is 1. The molecule has 1 aromatic heterocycles. The summed E-state index contributed by atoms with van der Waals surface area (Å²) < 4.78 is 29.6. The molecule has 0 fully saturated rings. The van der Waals surface area contributed by atoms with Gasteiger partial charge in [-0.05, 0) is 75.4 Å². The number of sulfone groups is 1. The van der Waals surface area contributed by atoms with Gasteiger partial charge in [0.2, 0.25) is 0 Å². The number of nitrogens with one attached hydrogen (secondary N) is 1. The predicted octanol–water partition coefficient (Wildman–Crippen LogP) is 4.88. The van der Waals surface area contributed by atoms with Gasteiger partial charge in [-0.1, -0.05) is 29.8 Å². The maximum atomic E-state index is 13.3. The van der Waals surface area contributed by atoms with Crippen molar-refractivity contribution in [2.45, 2.75) is 30.3 Å². The molecule has 5 rings (SSSR count). The first-order valence-electron chi connectivity index (χ1n) is 12.5. The van der Waals surface area contributed by atoms with Gasteiger partial charge in [0.25, 0.3) is 11.8 Å². The van der Waals surface area contributed by atoms with Crippen molar-refractivity contribution in [3.8, 4) is 0 Å². The smallest absolute Gasteiger partial charge is 0.326 e. The SMILES string of the molecule is CS(=O)(=O)c1cccc(C[C@H](NC(=O)c2c(Br)cc3c(c2Cl)CCN(C(=O)c2ccc4ccoc4c2)C3)C(=O)O)c1. The van der Waals surface area contributed by atoms with Crippen molar-refractivity contribution >= 4 is 66.1 Å². The van der Waals surface area contributed by atoms with Crippen molar-refractivity contribution in [2.75, 3.05) is 12.8 Å². The predicted molar refractivity (Wildman–Crippen MR) is 156 cm³/mol. The van der Waals surface area contributed by atoms with Crippen molar-refractivity contribution in [3.05, 3.63) is 98.2 Å². The Morgan fingerprint density at radius 3 is 2.66 bits per heavy atom. The Hall–Kier alpha value is -3.67. The Balaban J connectivity index is 1.35. The summed E-state index contributed by atoms with van der Waals surface area (Å²) in [4.78, 5) is 40.3. The van der Waals surface area contributed by atoms with Gasteiger partial charge in [0, 0.05) is 41.2 Å². The number of carbonyl (C=O) groups excluding carboxylic acids is 2. The maximum absolute atomic E-state index is 13.3. The fourth-order valence-electron chi connectivity index (χ4n) is 4.87. The number of aliphatic carboxylic acids is 1. The summed E-state index contributed by atoms with van der Waals surface area (Å²) in [5, 5.41) is 13.4. The van der Waals surface area contributed by atoms with E-state index in [1.165, 1.54) is 18.2 Å². The molecule has 41 heavy (non-hydrogen) atoms. The molecule has 1 aliphatic rings. The van der Waals surface area contributed by atoms with E-state index in [0.717, 1.165) is 17.2 Å². The molecule has 0 radical (unpaired) electrons. The molecule has 2 N–H and O–H groups in total. The molecule has 0 saturated carbocycles. The Bertz CT molecular complexity index is 1820. The minimum atomic E-state index is -3.49. The highest BCUT2D eigenvalue weighted by Crippen LogP contribution is 2.35. The van der Waals surface area contributed by atoms with E-state index in [4.69, 9.17) is 16.0 Å². The topological polar surface area (TPSA) is 134 Å². The summed E-state index contributed by atoms with van der Waals surface area (Å²) in [6.45, 7) is 0.651. The van der Waals surface area contributed by atoms with Crippen LogP contribution in [0.4, 0.5) is 0 Å². The number of furan rings is 1. The van der Waals surface area contributed by atoms with E-state index < -0.39 is 27.8 Å². The quantitative estimate of drug-likeness (QED) is 0.289. The molecule has 1 atom stereocenters. The second-order valence-electron chi connectivity index (χ2n) is 9.82. The van der Waals surface area contributed by atoms with E-state index in [9.17, 15) is 27.9 Å². The molecule has 2 heterocycles. The van der Waals surface area contributed by atoms with Crippen LogP contribution in [0.15, 0.2) is 74.6 Å². The molecule has 12 heteroatoms. The number of benzene rings is 3. The van der Waals surface area contributed by atoms with E-state index in [1.54, 1.807) is 35.4 Å². The van der Waals surface area contributed by atoms with Crippen LogP contribution in [0, 0.1) is 0 Å². The highest BCUT2D eigenvalue weighted by molar-refractivity contribution is 9.10. The summed E-state index contributed by atoms with van der Waals surface area (Å²) in [6.07, 6.45) is 2.90. The minimum Gasteiger partial charge on any atom is -0.480 e. The summed E-state index contributed by atoms with van der Waals surface area (Å²) >= 11 is 10.1. The molecular formula is C29H24BrClN2O7S. The lowest BCUT2D eigenvalue weighted by molar-refractivity contribution is -0.139.